The Morgan fingerprint density at radius 1 is 1.23 bits per heavy atom. The van der Waals surface area contributed by atoms with Crippen LogP contribution in [0.25, 0.3) is 0 Å². The van der Waals surface area contributed by atoms with Crippen LogP contribution in [0.5, 0.6) is 5.75 Å². The van der Waals surface area contributed by atoms with Crippen molar-refractivity contribution in [2.24, 2.45) is 0 Å². The van der Waals surface area contributed by atoms with Gasteiger partial charge >= 0.3 is 0 Å². The Balaban J connectivity index is 1.37. The summed E-state index contributed by atoms with van der Waals surface area (Å²) < 4.78 is 11.8. The molecule has 1 aliphatic heterocycles. The fourth-order valence-corrected chi connectivity index (χ4v) is 3.44. The highest BCUT2D eigenvalue weighted by Gasteiger charge is 2.21. The lowest BCUT2D eigenvalue weighted by Gasteiger charge is -2.32. The van der Waals surface area contributed by atoms with Crippen molar-refractivity contribution in [3.63, 3.8) is 0 Å². The number of furan rings is 1. The molecule has 8 heteroatoms. The van der Waals surface area contributed by atoms with Gasteiger partial charge in [-0.2, -0.15) is 0 Å². The van der Waals surface area contributed by atoms with Crippen molar-refractivity contribution in [2.45, 2.75) is 18.9 Å². The van der Waals surface area contributed by atoms with Crippen LogP contribution in [0.3, 0.4) is 0 Å². The first kappa shape index (κ1) is 19.5. The minimum absolute atomic E-state index is 0.165. The second-order valence-corrected chi connectivity index (χ2v) is 7.69. The highest BCUT2D eigenvalue weighted by molar-refractivity contribution is 9.10. The molecule has 0 unspecified atom stereocenters. The summed E-state index contributed by atoms with van der Waals surface area (Å²) in [6.45, 7) is 3.23. The number of nitrogens with zero attached hydrogens (tertiary/aromatic N) is 1. The molecule has 5 nitrogen and oxygen atoms in total. The zero-order chi connectivity index (χ0) is 18.5. The number of ether oxygens (including phenoxy) is 1. The first-order valence-corrected chi connectivity index (χ1v) is 9.94. The topological polar surface area (TPSA) is 54.7 Å². The first-order chi connectivity index (χ1) is 12.5. The SMILES string of the molecule is O=C(NCCN1CCC(Oc2ccc(Cl)c(Cl)c2)CC1)c1ccc(Br)o1. The van der Waals surface area contributed by atoms with Crippen molar-refractivity contribution < 1.29 is 13.9 Å². The molecule has 1 fully saturated rings. The Morgan fingerprint density at radius 3 is 2.65 bits per heavy atom. The molecule has 1 N–H and O–H groups in total. The number of hydrogen-bond donors (Lipinski definition) is 1. The molecular weight excluding hydrogens is 443 g/mol. The molecule has 1 aromatic carbocycles. The molecule has 26 heavy (non-hydrogen) atoms. The smallest absolute Gasteiger partial charge is 0.287 e. The predicted molar refractivity (Wildman–Crippen MR) is 105 cm³/mol. The molecule has 0 atom stereocenters. The molecule has 2 heterocycles. The normalized spacial score (nSPS) is 15.8. The van der Waals surface area contributed by atoms with Crippen molar-refractivity contribution >= 4 is 45.0 Å². The van der Waals surface area contributed by atoms with Crippen LogP contribution in [0.2, 0.25) is 10.0 Å². The molecule has 1 amide bonds. The van der Waals surface area contributed by atoms with Gasteiger partial charge in [0.15, 0.2) is 10.4 Å². The van der Waals surface area contributed by atoms with Crippen molar-refractivity contribution in [3.05, 3.63) is 50.8 Å². The number of carbonyl (C=O) groups excluding carboxylic acids is 1. The van der Waals surface area contributed by atoms with Crippen molar-refractivity contribution in [1.29, 1.82) is 0 Å². The van der Waals surface area contributed by atoms with E-state index >= 15 is 0 Å². The van der Waals surface area contributed by atoms with E-state index in [0.717, 1.165) is 38.2 Å². The van der Waals surface area contributed by atoms with E-state index in [0.29, 0.717) is 27.0 Å². The third-order valence-electron chi connectivity index (χ3n) is 4.24. The second kappa shape index (κ2) is 9.13. The highest BCUT2D eigenvalue weighted by Crippen LogP contribution is 2.28. The van der Waals surface area contributed by atoms with Crippen molar-refractivity contribution in [2.75, 3.05) is 26.2 Å². The van der Waals surface area contributed by atoms with Crippen LogP contribution in [0.1, 0.15) is 23.4 Å². The maximum absolute atomic E-state index is 11.9. The van der Waals surface area contributed by atoms with Crippen LogP contribution in [0, 0.1) is 0 Å². The minimum atomic E-state index is -0.200. The third kappa shape index (κ3) is 5.39. The molecule has 1 aromatic heterocycles. The standard InChI is InChI=1S/C18H19BrCl2N2O3/c19-17-4-3-16(26-17)18(24)22-7-10-23-8-5-12(6-9-23)25-13-1-2-14(20)15(21)11-13/h1-4,11-12H,5-10H2,(H,22,24). The average molecular weight is 462 g/mol. The van der Waals surface area contributed by atoms with Crippen LogP contribution >= 0.6 is 39.1 Å². The molecule has 140 valence electrons. The summed E-state index contributed by atoms with van der Waals surface area (Å²) in [5, 5.41) is 3.90. The van der Waals surface area contributed by atoms with E-state index in [-0.39, 0.29) is 12.0 Å². The molecule has 1 saturated heterocycles. The number of carbonyl (C=O) groups is 1. The van der Waals surface area contributed by atoms with Gasteiger partial charge in [-0.15, -0.1) is 0 Å². The van der Waals surface area contributed by atoms with Crippen LogP contribution in [0.15, 0.2) is 39.4 Å². The summed E-state index contributed by atoms with van der Waals surface area (Å²) >= 11 is 15.1. The summed E-state index contributed by atoms with van der Waals surface area (Å²) in [5.41, 5.74) is 0. The zero-order valence-corrected chi connectivity index (χ0v) is 17.1. The number of piperidine rings is 1. The van der Waals surface area contributed by atoms with E-state index < -0.39 is 0 Å². The fraction of sp³-hybridized carbons (Fsp3) is 0.389. The van der Waals surface area contributed by atoms with Crippen LogP contribution in [-0.4, -0.2) is 43.1 Å². The number of rotatable bonds is 6. The summed E-state index contributed by atoms with van der Waals surface area (Å²) in [6, 6.07) is 8.68. The Hall–Kier alpha value is -1.21. The second-order valence-electron chi connectivity index (χ2n) is 6.09. The van der Waals surface area contributed by atoms with Gasteiger partial charge in [-0.25, -0.2) is 0 Å². The Kier molecular flexibility index (Phi) is 6.86. The maximum Gasteiger partial charge on any atom is 0.287 e. The van der Waals surface area contributed by atoms with Gasteiger partial charge in [-0.1, -0.05) is 23.2 Å². The van der Waals surface area contributed by atoms with Crippen LogP contribution in [-0.2, 0) is 0 Å². The van der Waals surface area contributed by atoms with E-state index in [1.165, 1.54) is 0 Å². The lowest BCUT2D eigenvalue weighted by molar-refractivity contribution is 0.0883. The Labute approximate surface area is 170 Å². The van der Waals surface area contributed by atoms with Gasteiger partial charge in [0.05, 0.1) is 10.0 Å². The van der Waals surface area contributed by atoms with Gasteiger partial charge in [-0.05, 0) is 53.0 Å². The van der Waals surface area contributed by atoms with Gasteiger partial charge in [-0.3, -0.25) is 4.79 Å². The van der Waals surface area contributed by atoms with Gasteiger partial charge in [0, 0.05) is 32.2 Å². The lowest BCUT2D eigenvalue weighted by atomic mass is 10.1. The molecule has 1 aliphatic rings. The summed E-state index contributed by atoms with van der Waals surface area (Å²) in [7, 11) is 0. The van der Waals surface area contributed by atoms with Crippen molar-refractivity contribution in [3.8, 4) is 5.75 Å². The molecule has 0 spiro atoms. The van der Waals surface area contributed by atoms with Gasteiger partial charge < -0.3 is 19.4 Å². The Morgan fingerprint density at radius 2 is 2.00 bits per heavy atom. The molecule has 0 radical (unpaired) electrons. The number of benzene rings is 1. The molecule has 2 aromatic rings. The van der Waals surface area contributed by atoms with E-state index in [9.17, 15) is 4.79 Å². The maximum atomic E-state index is 11.9. The molecule has 0 saturated carbocycles. The van der Waals surface area contributed by atoms with Gasteiger partial charge in [0.1, 0.15) is 11.9 Å². The van der Waals surface area contributed by atoms with E-state index in [1.807, 2.05) is 6.07 Å². The summed E-state index contributed by atoms with van der Waals surface area (Å²) in [4.78, 5) is 14.2. The number of halogens is 3. The zero-order valence-electron chi connectivity index (χ0n) is 14.0. The summed E-state index contributed by atoms with van der Waals surface area (Å²) in [5.74, 6) is 0.855. The van der Waals surface area contributed by atoms with Crippen LogP contribution < -0.4 is 10.1 Å². The number of likely N-dealkylation sites (tertiary alicyclic amines) is 1. The molecule has 0 aliphatic carbocycles. The van der Waals surface area contributed by atoms with Gasteiger partial charge in [0.25, 0.3) is 5.91 Å². The molecule has 3 rings (SSSR count). The third-order valence-corrected chi connectivity index (χ3v) is 5.40. The van der Waals surface area contributed by atoms with E-state index in [1.54, 1.807) is 24.3 Å². The average Bonchev–Trinajstić information content (AvgIpc) is 3.06. The fourth-order valence-electron chi connectivity index (χ4n) is 2.84. The van der Waals surface area contributed by atoms with Gasteiger partial charge in [0.2, 0.25) is 0 Å². The summed E-state index contributed by atoms with van der Waals surface area (Å²) in [6.07, 6.45) is 2.03. The van der Waals surface area contributed by atoms with Crippen LogP contribution in [0.4, 0.5) is 0 Å². The number of amides is 1. The predicted octanol–water partition coefficient (Wildman–Crippen LogP) is 4.62. The Bertz CT molecular complexity index is 761. The minimum Gasteiger partial charge on any atom is -0.490 e. The monoisotopic (exact) mass is 460 g/mol. The lowest BCUT2D eigenvalue weighted by Crippen LogP contribution is -2.42. The largest absolute Gasteiger partial charge is 0.490 e. The quantitative estimate of drug-likeness (QED) is 0.681. The van der Waals surface area contributed by atoms with E-state index in [2.05, 4.69) is 26.1 Å². The number of nitrogens with one attached hydrogen (secondary N) is 1. The molecule has 0 bridgehead atoms. The van der Waals surface area contributed by atoms with Crippen molar-refractivity contribution in [1.82, 2.24) is 10.2 Å². The first-order valence-electron chi connectivity index (χ1n) is 8.39. The van der Waals surface area contributed by atoms with E-state index in [4.69, 9.17) is 32.4 Å². The highest BCUT2D eigenvalue weighted by atomic mass is 79.9. The molecular formula is C18H19BrCl2N2O3. The number of hydrogen-bond acceptors (Lipinski definition) is 4.